The zero-order valence-electron chi connectivity index (χ0n) is 19.4. The maximum atomic E-state index is 12.8. The third-order valence-electron chi connectivity index (χ3n) is 6.20. The fourth-order valence-electron chi connectivity index (χ4n) is 4.62. The van der Waals surface area contributed by atoms with Gasteiger partial charge < -0.3 is 14.9 Å². The summed E-state index contributed by atoms with van der Waals surface area (Å²) < 4.78 is 8.73. The molecule has 0 radical (unpaired) electrons. The Bertz CT molecular complexity index is 1780. The molecule has 3 aromatic carbocycles. The van der Waals surface area contributed by atoms with Gasteiger partial charge in [0, 0.05) is 28.4 Å². The minimum atomic E-state index is -0.325. The molecule has 1 amide bonds. The molecule has 36 heavy (non-hydrogen) atoms. The highest BCUT2D eigenvalue weighted by atomic mass is 16.6. The van der Waals surface area contributed by atoms with E-state index in [-0.39, 0.29) is 24.0 Å². The Hall–Kier alpha value is -4.99. The van der Waals surface area contributed by atoms with Crippen LogP contribution in [0.2, 0.25) is 0 Å². The second kappa shape index (κ2) is 8.66. The van der Waals surface area contributed by atoms with Crippen molar-refractivity contribution in [1.82, 2.24) is 29.9 Å². The van der Waals surface area contributed by atoms with Gasteiger partial charge in [0.15, 0.2) is 17.3 Å². The van der Waals surface area contributed by atoms with Crippen molar-refractivity contribution in [2.75, 3.05) is 5.73 Å². The number of hydrogen-bond donors (Lipinski definition) is 2. The Kier molecular flexibility index (Phi) is 5.18. The number of rotatable bonds is 6. The van der Waals surface area contributed by atoms with Gasteiger partial charge in [-0.15, -0.1) is 0 Å². The van der Waals surface area contributed by atoms with Crippen LogP contribution >= 0.6 is 0 Å². The summed E-state index contributed by atoms with van der Waals surface area (Å²) in [6.07, 6.45) is 1.64. The van der Waals surface area contributed by atoms with Crippen LogP contribution in [0.25, 0.3) is 44.4 Å². The highest BCUT2D eigenvalue weighted by Gasteiger charge is 2.20. The molecule has 3 aromatic heterocycles. The number of carbonyl (C=O) groups excluding carboxylic acids is 1. The Morgan fingerprint density at radius 1 is 1.00 bits per heavy atom. The summed E-state index contributed by atoms with van der Waals surface area (Å²) in [7, 11) is 0. The lowest BCUT2D eigenvalue weighted by atomic mass is 10.1. The van der Waals surface area contributed by atoms with Gasteiger partial charge in [0.25, 0.3) is 5.91 Å². The zero-order valence-corrected chi connectivity index (χ0v) is 19.4. The summed E-state index contributed by atoms with van der Waals surface area (Å²) in [6.45, 7) is 2.98. The Balaban J connectivity index is 1.26. The van der Waals surface area contributed by atoms with Crippen LogP contribution in [0.1, 0.15) is 12.5 Å². The van der Waals surface area contributed by atoms with E-state index < -0.39 is 0 Å². The lowest BCUT2D eigenvalue weighted by Crippen LogP contribution is -2.23. The number of nitrogen functional groups attached to an aromatic ring is 1. The minimum Gasteiger partial charge on any atom is -0.379 e. The van der Waals surface area contributed by atoms with E-state index in [1.807, 2.05) is 42.5 Å². The standard InChI is InChI=1S/C26H22N8O2/c1-2-33-20-9-5-3-7-17(20)18-13-16(11-12-21(18)33)14-28-30-23(35)15-34-22-10-6-4-8-19(22)29-26(34)24-25(27)32-36-31-24/h3-14H,2,15H2,1H3,(H2,27,32)(H,30,35)/b28-14-. The van der Waals surface area contributed by atoms with Crippen LogP contribution < -0.4 is 11.2 Å². The van der Waals surface area contributed by atoms with Gasteiger partial charge in [-0.05, 0) is 53.1 Å². The summed E-state index contributed by atoms with van der Waals surface area (Å²) in [5, 5.41) is 14.0. The molecule has 0 atom stereocenters. The van der Waals surface area contributed by atoms with Crippen molar-refractivity contribution in [1.29, 1.82) is 0 Å². The van der Waals surface area contributed by atoms with Gasteiger partial charge >= 0.3 is 0 Å². The molecule has 10 nitrogen and oxygen atoms in total. The number of benzene rings is 3. The lowest BCUT2D eigenvalue weighted by Gasteiger charge is -2.06. The zero-order chi connectivity index (χ0) is 24.6. The number of carbonyl (C=O) groups is 1. The van der Waals surface area contributed by atoms with Crippen molar-refractivity contribution >= 4 is 50.8 Å². The van der Waals surface area contributed by atoms with Crippen molar-refractivity contribution in [3.63, 3.8) is 0 Å². The predicted octanol–water partition coefficient (Wildman–Crippen LogP) is 3.95. The number of aromatic nitrogens is 5. The van der Waals surface area contributed by atoms with E-state index in [9.17, 15) is 4.79 Å². The van der Waals surface area contributed by atoms with Crippen LogP contribution in [0.5, 0.6) is 0 Å². The number of nitrogens with two attached hydrogens (primary N) is 1. The van der Waals surface area contributed by atoms with E-state index in [1.165, 1.54) is 16.4 Å². The number of para-hydroxylation sites is 3. The van der Waals surface area contributed by atoms with Crippen molar-refractivity contribution in [2.45, 2.75) is 20.0 Å². The summed E-state index contributed by atoms with van der Waals surface area (Å²) in [5.41, 5.74) is 13.5. The number of nitrogens with one attached hydrogen (secondary N) is 1. The van der Waals surface area contributed by atoms with E-state index in [0.717, 1.165) is 23.0 Å². The Morgan fingerprint density at radius 3 is 2.58 bits per heavy atom. The molecule has 0 spiro atoms. The van der Waals surface area contributed by atoms with Crippen LogP contribution in [0, 0.1) is 0 Å². The van der Waals surface area contributed by atoms with Gasteiger partial charge in [0.2, 0.25) is 0 Å². The minimum absolute atomic E-state index is 0.0392. The molecule has 6 aromatic rings. The third kappa shape index (κ3) is 3.56. The molecule has 0 bridgehead atoms. The molecule has 10 heteroatoms. The summed E-state index contributed by atoms with van der Waals surface area (Å²) in [4.78, 5) is 17.4. The first-order chi connectivity index (χ1) is 17.6. The van der Waals surface area contributed by atoms with Crippen LogP contribution in [0.15, 0.2) is 76.5 Å². The molecular formula is C26H22N8O2. The van der Waals surface area contributed by atoms with E-state index in [4.69, 9.17) is 10.4 Å². The number of amides is 1. The SMILES string of the molecule is CCn1c2ccccc2c2cc(/C=N\NC(=O)Cn3c(-c4nonc4N)nc4ccccc43)ccc21. The molecule has 6 rings (SSSR count). The molecule has 0 fully saturated rings. The van der Waals surface area contributed by atoms with Crippen molar-refractivity contribution in [3.8, 4) is 11.5 Å². The summed E-state index contributed by atoms with van der Waals surface area (Å²) >= 11 is 0. The first-order valence-corrected chi connectivity index (χ1v) is 11.5. The van der Waals surface area contributed by atoms with Crippen molar-refractivity contribution < 1.29 is 9.42 Å². The lowest BCUT2D eigenvalue weighted by molar-refractivity contribution is -0.121. The average Bonchev–Trinajstić information content (AvgIpc) is 3.57. The maximum Gasteiger partial charge on any atom is 0.260 e. The highest BCUT2D eigenvalue weighted by Crippen LogP contribution is 2.29. The number of hydrazone groups is 1. The number of imidazole rings is 1. The number of aryl methyl sites for hydroxylation is 1. The molecule has 0 unspecified atom stereocenters. The molecule has 0 saturated heterocycles. The molecule has 0 aliphatic carbocycles. The predicted molar refractivity (Wildman–Crippen MR) is 138 cm³/mol. The van der Waals surface area contributed by atoms with Crippen LogP contribution in [0.3, 0.4) is 0 Å². The smallest absolute Gasteiger partial charge is 0.260 e. The Labute approximate surface area is 205 Å². The number of nitrogens with zero attached hydrogens (tertiary/aromatic N) is 6. The van der Waals surface area contributed by atoms with Gasteiger partial charge in [-0.3, -0.25) is 4.79 Å². The topological polar surface area (TPSA) is 129 Å². The van der Waals surface area contributed by atoms with E-state index in [1.54, 1.807) is 10.8 Å². The van der Waals surface area contributed by atoms with Gasteiger partial charge in [-0.25, -0.2) is 15.0 Å². The maximum absolute atomic E-state index is 12.8. The summed E-state index contributed by atoms with van der Waals surface area (Å²) in [5.74, 6) is 0.172. The Morgan fingerprint density at radius 2 is 1.78 bits per heavy atom. The van der Waals surface area contributed by atoms with E-state index in [0.29, 0.717) is 11.3 Å². The van der Waals surface area contributed by atoms with E-state index in [2.05, 4.69) is 61.6 Å². The highest BCUT2D eigenvalue weighted by molar-refractivity contribution is 6.09. The summed E-state index contributed by atoms with van der Waals surface area (Å²) in [6, 6.07) is 22.0. The average molecular weight is 479 g/mol. The number of anilines is 1. The molecule has 0 aliphatic rings. The van der Waals surface area contributed by atoms with Gasteiger partial charge in [-0.2, -0.15) is 5.10 Å². The fraction of sp³-hybridized carbons (Fsp3) is 0.115. The monoisotopic (exact) mass is 478 g/mol. The molecule has 178 valence electrons. The van der Waals surface area contributed by atoms with Crippen molar-refractivity contribution in [3.05, 3.63) is 72.3 Å². The van der Waals surface area contributed by atoms with Gasteiger partial charge in [0.1, 0.15) is 6.54 Å². The second-order valence-electron chi connectivity index (χ2n) is 8.34. The van der Waals surface area contributed by atoms with Crippen LogP contribution in [-0.2, 0) is 17.9 Å². The van der Waals surface area contributed by atoms with Gasteiger partial charge in [0.05, 0.1) is 17.2 Å². The molecule has 3 N–H and O–H groups in total. The van der Waals surface area contributed by atoms with Crippen molar-refractivity contribution in [2.24, 2.45) is 5.10 Å². The van der Waals surface area contributed by atoms with Crippen LogP contribution in [-0.4, -0.2) is 36.6 Å². The number of fused-ring (bicyclic) bond motifs is 4. The second-order valence-corrected chi connectivity index (χ2v) is 8.34. The molecule has 3 heterocycles. The molecular weight excluding hydrogens is 456 g/mol. The van der Waals surface area contributed by atoms with Gasteiger partial charge in [-0.1, -0.05) is 36.4 Å². The first-order valence-electron chi connectivity index (χ1n) is 11.5. The first kappa shape index (κ1) is 21.5. The normalized spacial score (nSPS) is 11.8. The quantitative estimate of drug-likeness (QED) is 0.275. The van der Waals surface area contributed by atoms with Crippen LogP contribution in [0.4, 0.5) is 5.82 Å². The molecule has 0 saturated carbocycles. The fourth-order valence-corrected chi connectivity index (χ4v) is 4.62. The molecule has 0 aliphatic heterocycles. The third-order valence-corrected chi connectivity index (χ3v) is 6.20. The number of hydrogen-bond acceptors (Lipinski definition) is 7. The largest absolute Gasteiger partial charge is 0.379 e. The van der Waals surface area contributed by atoms with E-state index >= 15 is 0 Å².